The van der Waals surface area contributed by atoms with Gasteiger partial charge in [0.2, 0.25) is 0 Å². The van der Waals surface area contributed by atoms with Crippen LogP contribution in [0.15, 0.2) is 60.7 Å². The average molecular weight is 326 g/mol. The number of hydrogen-bond acceptors (Lipinski definition) is 5. The Bertz CT molecular complexity index is 800. The van der Waals surface area contributed by atoms with Crippen LogP contribution in [0, 0.1) is 10.1 Å². The number of nitrogens with zero attached hydrogens (tertiary/aromatic N) is 1. The molecule has 0 atom stereocenters. The van der Waals surface area contributed by atoms with Crippen LogP contribution >= 0.6 is 0 Å². The SMILES string of the molecule is COC(=O)c1ccccc1NC(=O)/C=C(/c1ccccc1)[N+](=O)[O-]. The van der Waals surface area contributed by atoms with Crippen LogP contribution < -0.4 is 5.32 Å². The molecule has 122 valence electrons. The summed E-state index contributed by atoms with van der Waals surface area (Å²) in [7, 11) is 1.22. The predicted octanol–water partition coefficient (Wildman–Crippen LogP) is 2.73. The number of amides is 1. The molecule has 0 spiro atoms. The third-order valence-electron chi connectivity index (χ3n) is 3.12. The number of carbonyl (C=O) groups is 2. The first-order chi connectivity index (χ1) is 11.5. The van der Waals surface area contributed by atoms with Crippen LogP contribution in [0.3, 0.4) is 0 Å². The Morgan fingerprint density at radius 2 is 1.71 bits per heavy atom. The fraction of sp³-hybridized carbons (Fsp3) is 0.0588. The second-order valence-electron chi connectivity index (χ2n) is 4.68. The summed E-state index contributed by atoms with van der Waals surface area (Å²) in [5, 5.41) is 13.7. The van der Waals surface area contributed by atoms with Crippen LogP contribution in [0.5, 0.6) is 0 Å². The summed E-state index contributed by atoms with van der Waals surface area (Å²) in [4.78, 5) is 34.3. The molecule has 7 heteroatoms. The smallest absolute Gasteiger partial charge is 0.339 e. The van der Waals surface area contributed by atoms with Crippen molar-refractivity contribution in [1.82, 2.24) is 0 Å². The maximum absolute atomic E-state index is 12.1. The quantitative estimate of drug-likeness (QED) is 0.394. The standard InChI is InChI=1S/C17H14N2O5/c1-24-17(21)13-9-5-6-10-14(13)18-16(20)11-15(19(22)23)12-7-3-2-4-8-12/h2-11H,1H3,(H,18,20)/b15-11-. The van der Waals surface area contributed by atoms with Gasteiger partial charge in [-0.2, -0.15) is 0 Å². The number of ether oxygens (including phenoxy) is 1. The monoisotopic (exact) mass is 326 g/mol. The molecule has 2 aromatic carbocycles. The largest absolute Gasteiger partial charge is 0.465 e. The van der Waals surface area contributed by atoms with Gasteiger partial charge in [0.1, 0.15) is 0 Å². The molecular weight excluding hydrogens is 312 g/mol. The van der Waals surface area contributed by atoms with Gasteiger partial charge in [0.15, 0.2) is 0 Å². The Labute approximate surface area is 137 Å². The molecule has 2 rings (SSSR count). The number of rotatable bonds is 5. The molecule has 0 fully saturated rings. The number of methoxy groups -OCH3 is 1. The van der Waals surface area contributed by atoms with Crippen LogP contribution in [-0.4, -0.2) is 23.9 Å². The van der Waals surface area contributed by atoms with Gasteiger partial charge in [0.05, 0.1) is 34.9 Å². The van der Waals surface area contributed by atoms with Gasteiger partial charge in [0, 0.05) is 0 Å². The van der Waals surface area contributed by atoms with Gasteiger partial charge in [-0.1, -0.05) is 30.3 Å². The Morgan fingerprint density at radius 1 is 1.08 bits per heavy atom. The zero-order valence-corrected chi connectivity index (χ0v) is 12.8. The molecule has 0 aromatic heterocycles. The molecule has 1 amide bonds. The zero-order chi connectivity index (χ0) is 17.5. The van der Waals surface area contributed by atoms with Crippen molar-refractivity contribution in [3.8, 4) is 0 Å². The molecule has 0 aliphatic carbocycles. The average Bonchev–Trinajstić information content (AvgIpc) is 2.60. The third-order valence-corrected chi connectivity index (χ3v) is 3.12. The number of nitrogens with one attached hydrogen (secondary N) is 1. The van der Waals surface area contributed by atoms with Crippen LogP contribution in [0.1, 0.15) is 15.9 Å². The molecular formula is C17H14N2O5. The summed E-state index contributed by atoms with van der Waals surface area (Å²) in [5.74, 6) is -1.34. The zero-order valence-electron chi connectivity index (χ0n) is 12.8. The van der Waals surface area contributed by atoms with Gasteiger partial charge in [-0.05, 0) is 24.3 Å². The minimum Gasteiger partial charge on any atom is -0.465 e. The Balaban J connectivity index is 2.29. The van der Waals surface area contributed by atoms with Crippen LogP contribution in [0.4, 0.5) is 5.69 Å². The Morgan fingerprint density at radius 3 is 2.33 bits per heavy atom. The van der Waals surface area contributed by atoms with Crippen molar-refractivity contribution in [3.05, 3.63) is 81.9 Å². The summed E-state index contributed by atoms with van der Waals surface area (Å²) in [5.41, 5.74) is 0.327. The number of nitro groups is 1. The molecule has 0 saturated heterocycles. The summed E-state index contributed by atoms with van der Waals surface area (Å²) in [6, 6.07) is 14.3. The Kier molecular flexibility index (Phi) is 5.40. The number of para-hydroxylation sites is 1. The van der Waals surface area contributed by atoms with Crippen LogP contribution in [0.2, 0.25) is 0 Å². The summed E-state index contributed by atoms with van der Waals surface area (Å²) >= 11 is 0. The predicted molar refractivity (Wildman–Crippen MR) is 87.8 cm³/mol. The van der Waals surface area contributed by atoms with Crippen LogP contribution in [0.25, 0.3) is 5.70 Å². The molecule has 1 N–H and O–H groups in total. The number of esters is 1. The van der Waals surface area contributed by atoms with E-state index >= 15 is 0 Å². The highest BCUT2D eigenvalue weighted by atomic mass is 16.6. The summed E-state index contributed by atoms with van der Waals surface area (Å²) in [6.07, 6.45) is 0.878. The van der Waals surface area contributed by atoms with E-state index in [1.807, 2.05) is 0 Å². The number of anilines is 1. The first kappa shape index (κ1) is 16.9. The van der Waals surface area contributed by atoms with Gasteiger partial charge in [-0.25, -0.2) is 4.79 Å². The van der Waals surface area contributed by atoms with E-state index in [0.717, 1.165) is 6.08 Å². The summed E-state index contributed by atoms with van der Waals surface area (Å²) in [6.45, 7) is 0. The molecule has 7 nitrogen and oxygen atoms in total. The maximum Gasteiger partial charge on any atom is 0.339 e. The highest BCUT2D eigenvalue weighted by molar-refractivity contribution is 6.07. The Hall–Kier alpha value is -3.48. The molecule has 24 heavy (non-hydrogen) atoms. The lowest BCUT2D eigenvalue weighted by Gasteiger charge is -2.08. The van der Waals surface area contributed by atoms with Crippen molar-refractivity contribution >= 4 is 23.3 Å². The fourth-order valence-electron chi connectivity index (χ4n) is 2.02. The molecule has 2 aromatic rings. The van der Waals surface area contributed by atoms with Crippen molar-refractivity contribution in [3.63, 3.8) is 0 Å². The molecule has 0 saturated carbocycles. The highest BCUT2D eigenvalue weighted by Crippen LogP contribution is 2.18. The molecule has 0 bridgehead atoms. The van der Waals surface area contributed by atoms with E-state index in [2.05, 4.69) is 10.1 Å². The van der Waals surface area contributed by atoms with E-state index in [0.29, 0.717) is 5.56 Å². The van der Waals surface area contributed by atoms with Crippen molar-refractivity contribution in [2.24, 2.45) is 0 Å². The molecule has 0 aliphatic rings. The van der Waals surface area contributed by atoms with Gasteiger partial charge in [-0.15, -0.1) is 0 Å². The molecule has 0 radical (unpaired) electrons. The topological polar surface area (TPSA) is 98.5 Å². The minimum atomic E-state index is -0.720. The first-order valence-corrected chi connectivity index (χ1v) is 6.92. The van der Waals surface area contributed by atoms with Crippen molar-refractivity contribution in [2.45, 2.75) is 0 Å². The van der Waals surface area contributed by atoms with Crippen LogP contribution in [-0.2, 0) is 9.53 Å². The second kappa shape index (κ2) is 7.68. The lowest BCUT2D eigenvalue weighted by Crippen LogP contribution is -2.14. The van der Waals surface area contributed by atoms with Gasteiger partial charge in [0.25, 0.3) is 11.6 Å². The van der Waals surface area contributed by atoms with E-state index in [1.54, 1.807) is 30.3 Å². The lowest BCUT2D eigenvalue weighted by atomic mass is 10.1. The van der Waals surface area contributed by atoms with E-state index in [4.69, 9.17) is 0 Å². The van der Waals surface area contributed by atoms with Crippen molar-refractivity contribution < 1.29 is 19.2 Å². The normalized spacial score (nSPS) is 10.8. The van der Waals surface area contributed by atoms with E-state index in [-0.39, 0.29) is 16.9 Å². The number of benzene rings is 2. The lowest BCUT2D eigenvalue weighted by molar-refractivity contribution is -0.375. The second-order valence-corrected chi connectivity index (χ2v) is 4.68. The molecule has 0 unspecified atom stereocenters. The highest BCUT2D eigenvalue weighted by Gasteiger charge is 2.18. The third kappa shape index (κ3) is 4.04. The van der Waals surface area contributed by atoms with E-state index in [1.165, 1.54) is 31.4 Å². The molecule has 0 aliphatic heterocycles. The first-order valence-electron chi connectivity index (χ1n) is 6.92. The van der Waals surface area contributed by atoms with Gasteiger partial charge < -0.3 is 10.1 Å². The van der Waals surface area contributed by atoms with Gasteiger partial charge >= 0.3 is 5.97 Å². The maximum atomic E-state index is 12.1. The van der Waals surface area contributed by atoms with Crippen molar-refractivity contribution in [2.75, 3.05) is 12.4 Å². The fourth-order valence-corrected chi connectivity index (χ4v) is 2.02. The van der Waals surface area contributed by atoms with Gasteiger partial charge in [-0.3, -0.25) is 14.9 Å². The van der Waals surface area contributed by atoms with Crippen molar-refractivity contribution in [1.29, 1.82) is 0 Å². The minimum absolute atomic E-state index is 0.157. The molecule has 0 heterocycles. The van der Waals surface area contributed by atoms with E-state index in [9.17, 15) is 19.7 Å². The number of carbonyl (C=O) groups excluding carboxylic acids is 2. The number of hydrogen-bond donors (Lipinski definition) is 1. The summed E-state index contributed by atoms with van der Waals surface area (Å²) < 4.78 is 4.63. The van der Waals surface area contributed by atoms with E-state index < -0.39 is 16.8 Å².